The number of halogens is 2. The first-order valence-electron chi connectivity index (χ1n) is 8.47. The van der Waals surface area contributed by atoms with E-state index in [9.17, 15) is 9.90 Å². The SMILES string of the molecule is O=C(O)CCn1cc(Cl)c2cc(-c3cc(-c4ccc(O)c(Cl)c4)n[nH]3)ccc21. The summed E-state index contributed by atoms with van der Waals surface area (Å²) in [5.74, 6) is -0.831. The lowest BCUT2D eigenvalue weighted by atomic mass is 10.1. The van der Waals surface area contributed by atoms with Crippen molar-refractivity contribution in [2.45, 2.75) is 13.0 Å². The molecule has 0 radical (unpaired) electrons. The molecule has 4 rings (SSSR count). The molecule has 4 aromatic rings. The van der Waals surface area contributed by atoms with E-state index < -0.39 is 5.97 Å². The molecule has 0 saturated heterocycles. The molecule has 2 heterocycles. The van der Waals surface area contributed by atoms with Crippen molar-refractivity contribution in [1.82, 2.24) is 14.8 Å². The largest absolute Gasteiger partial charge is 0.506 e. The van der Waals surface area contributed by atoms with Gasteiger partial charge in [0.25, 0.3) is 0 Å². The maximum absolute atomic E-state index is 10.8. The van der Waals surface area contributed by atoms with Crippen LogP contribution in [0.4, 0.5) is 0 Å². The van der Waals surface area contributed by atoms with Crippen molar-refractivity contribution in [3.8, 4) is 28.3 Å². The van der Waals surface area contributed by atoms with Gasteiger partial charge in [0.05, 0.1) is 27.9 Å². The van der Waals surface area contributed by atoms with Gasteiger partial charge >= 0.3 is 5.97 Å². The molecule has 0 spiro atoms. The quantitative estimate of drug-likeness (QED) is 0.418. The van der Waals surface area contributed by atoms with E-state index in [2.05, 4.69) is 10.2 Å². The molecule has 142 valence electrons. The summed E-state index contributed by atoms with van der Waals surface area (Å²) in [5, 5.41) is 27.4. The number of phenolic OH excluding ortho intramolecular Hbond substituents is 1. The molecule has 0 aliphatic rings. The molecular formula is C20H15Cl2N3O3. The summed E-state index contributed by atoms with van der Waals surface area (Å²) in [6, 6.07) is 12.6. The molecular weight excluding hydrogens is 401 g/mol. The van der Waals surface area contributed by atoms with Gasteiger partial charge in [0.2, 0.25) is 0 Å². The molecule has 0 aliphatic heterocycles. The van der Waals surface area contributed by atoms with Gasteiger partial charge in [-0.3, -0.25) is 9.89 Å². The van der Waals surface area contributed by atoms with Gasteiger partial charge in [0, 0.05) is 34.8 Å². The van der Waals surface area contributed by atoms with Crippen LogP contribution < -0.4 is 0 Å². The molecule has 28 heavy (non-hydrogen) atoms. The first-order valence-corrected chi connectivity index (χ1v) is 9.23. The van der Waals surface area contributed by atoms with E-state index in [0.717, 1.165) is 27.7 Å². The molecule has 0 bridgehead atoms. The highest BCUT2D eigenvalue weighted by molar-refractivity contribution is 6.35. The van der Waals surface area contributed by atoms with Gasteiger partial charge in [-0.25, -0.2) is 0 Å². The minimum absolute atomic E-state index is 0.0219. The van der Waals surface area contributed by atoms with Crippen LogP contribution in [-0.4, -0.2) is 30.9 Å². The number of aryl methyl sites for hydroxylation is 1. The maximum atomic E-state index is 10.8. The number of nitrogens with zero attached hydrogens (tertiary/aromatic N) is 2. The van der Waals surface area contributed by atoms with Gasteiger partial charge in [-0.1, -0.05) is 29.3 Å². The molecule has 0 aliphatic carbocycles. The van der Waals surface area contributed by atoms with Gasteiger partial charge in [-0.15, -0.1) is 0 Å². The third-order valence-corrected chi connectivity index (χ3v) is 5.14. The van der Waals surface area contributed by atoms with Gasteiger partial charge in [0.15, 0.2) is 0 Å². The third-order valence-electron chi connectivity index (χ3n) is 4.53. The lowest BCUT2D eigenvalue weighted by Gasteiger charge is -2.04. The average molecular weight is 416 g/mol. The number of aromatic amines is 1. The van der Waals surface area contributed by atoms with Crippen molar-refractivity contribution in [3.05, 3.63) is 58.7 Å². The highest BCUT2D eigenvalue weighted by Crippen LogP contribution is 2.33. The molecule has 0 unspecified atom stereocenters. The molecule has 0 fully saturated rings. The van der Waals surface area contributed by atoms with Crippen molar-refractivity contribution in [2.24, 2.45) is 0 Å². The third kappa shape index (κ3) is 3.44. The van der Waals surface area contributed by atoms with E-state index in [-0.39, 0.29) is 17.2 Å². The molecule has 2 aromatic carbocycles. The summed E-state index contributed by atoms with van der Waals surface area (Å²) < 4.78 is 1.84. The topological polar surface area (TPSA) is 91.1 Å². The average Bonchev–Trinajstić information content (AvgIpc) is 3.27. The van der Waals surface area contributed by atoms with E-state index in [1.807, 2.05) is 28.8 Å². The first kappa shape index (κ1) is 18.4. The fourth-order valence-corrected chi connectivity index (χ4v) is 3.56. The Bertz CT molecular complexity index is 1200. The predicted molar refractivity (Wildman–Crippen MR) is 109 cm³/mol. The monoisotopic (exact) mass is 415 g/mol. The highest BCUT2D eigenvalue weighted by atomic mass is 35.5. The minimum Gasteiger partial charge on any atom is -0.506 e. The molecule has 0 amide bonds. The van der Waals surface area contributed by atoms with E-state index in [1.54, 1.807) is 18.3 Å². The summed E-state index contributed by atoms with van der Waals surface area (Å²) in [6.07, 6.45) is 1.77. The number of carbonyl (C=O) groups is 1. The Kier molecular flexibility index (Phi) is 4.75. The number of aromatic nitrogens is 3. The van der Waals surface area contributed by atoms with Crippen LogP contribution in [-0.2, 0) is 11.3 Å². The summed E-state index contributed by atoms with van der Waals surface area (Å²) >= 11 is 12.3. The number of fused-ring (bicyclic) bond motifs is 1. The van der Waals surface area contributed by atoms with Crippen LogP contribution in [0, 0.1) is 0 Å². The minimum atomic E-state index is -0.853. The molecule has 2 aromatic heterocycles. The number of aliphatic carboxylic acids is 1. The van der Waals surface area contributed by atoms with Crippen molar-refractivity contribution in [1.29, 1.82) is 0 Å². The number of H-pyrrole nitrogens is 1. The molecule has 6 nitrogen and oxygen atoms in total. The van der Waals surface area contributed by atoms with Crippen LogP contribution >= 0.6 is 23.2 Å². The van der Waals surface area contributed by atoms with Crippen LogP contribution in [0.1, 0.15) is 6.42 Å². The second kappa shape index (κ2) is 7.22. The lowest BCUT2D eigenvalue weighted by molar-refractivity contribution is -0.137. The number of nitrogens with one attached hydrogen (secondary N) is 1. The van der Waals surface area contributed by atoms with Crippen LogP contribution in [0.2, 0.25) is 10.0 Å². The Morgan fingerprint density at radius 2 is 1.86 bits per heavy atom. The maximum Gasteiger partial charge on any atom is 0.305 e. The molecule has 0 atom stereocenters. The normalized spacial score (nSPS) is 11.2. The zero-order chi connectivity index (χ0) is 19.8. The van der Waals surface area contributed by atoms with Crippen LogP contribution in [0.5, 0.6) is 5.75 Å². The van der Waals surface area contributed by atoms with E-state index >= 15 is 0 Å². The number of rotatable bonds is 5. The number of benzene rings is 2. The highest BCUT2D eigenvalue weighted by Gasteiger charge is 2.12. The number of phenols is 1. The van der Waals surface area contributed by atoms with E-state index in [0.29, 0.717) is 17.3 Å². The zero-order valence-electron chi connectivity index (χ0n) is 14.5. The number of carboxylic acids is 1. The number of carboxylic acid groups (broad SMARTS) is 1. The number of aromatic hydroxyl groups is 1. The van der Waals surface area contributed by atoms with E-state index in [4.69, 9.17) is 28.3 Å². The van der Waals surface area contributed by atoms with Gasteiger partial charge in [-0.05, 0) is 36.4 Å². The Balaban J connectivity index is 1.68. The van der Waals surface area contributed by atoms with Gasteiger partial charge in [-0.2, -0.15) is 5.10 Å². The zero-order valence-corrected chi connectivity index (χ0v) is 16.0. The standard InChI is InChI=1S/C20H15Cl2N3O3/c21-14-8-12(2-4-19(14)26)17-9-16(23-24-17)11-1-3-18-13(7-11)15(22)10-25(18)6-5-20(27)28/h1-4,7-10,26H,5-6H2,(H,23,24)(H,27,28). The van der Waals surface area contributed by atoms with Crippen LogP contribution in [0.15, 0.2) is 48.7 Å². The Morgan fingerprint density at radius 1 is 1.07 bits per heavy atom. The fourth-order valence-electron chi connectivity index (χ4n) is 3.11. The van der Waals surface area contributed by atoms with Crippen LogP contribution in [0.3, 0.4) is 0 Å². The van der Waals surface area contributed by atoms with Gasteiger partial charge < -0.3 is 14.8 Å². The molecule has 0 saturated carbocycles. The van der Waals surface area contributed by atoms with Crippen LogP contribution in [0.25, 0.3) is 33.4 Å². The predicted octanol–water partition coefficient (Wildman–Crippen LogP) is 5.19. The molecule has 8 heteroatoms. The first-order chi connectivity index (χ1) is 13.4. The summed E-state index contributed by atoms with van der Waals surface area (Å²) in [5.41, 5.74) is 4.05. The summed E-state index contributed by atoms with van der Waals surface area (Å²) in [6.45, 7) is 0.355. The number of hydrogen-bond donors (Lipinski definition) is 3. The second-order valence-corrected chi connectivity index (χ2v) is 7.19. The fraction of sp³-hybridized carbons (Fsp3) is 0.100. The van der Waals surface area contributed by atoms with Crippen molar-refractivity contribution in [2.75, 3.05) is 0 Å². The Morgan fingerprint density at radius 3 is 2.61 bits per heavy atom. The number of hydrogen-bond acceptors (Lipinski definition) is 3. The Hall–Kier alpha value is -2.96. The summed E-state index contributed by atoms with van der Waals surface area (Å²) in [4.78, 5) is 10.8. The summed E-state index contributed by atoms with van der Waals surface area (Å²) in [7, 11) is 0. The van der Waals surface area contributed by atoms with E-state index in [1.165, 1.54) is 6.07 Å². The van der Waals surface area contributed by atoms with Crippen molar-refractivity contribution < 1.29 is 15.0 Å². The van der Waals surface area contributed by atoms with Crippen molar-refractivity contribution >= 4 is 40.1 Å². The smallest absolute Gasteiger partial charge is 0.305 e. The lowest BCUT2D eigenvalue weighted by Crippen LogP contribution is -2.03. The Labute approximate surface area is 169 Å². The molecule has 3 N–H and O–H groups in total. The van der Waals surface area contributed by atoms with Gasteiger partial charge in [0.1, 0.15) is 5.75 Å². The van der Waals surface area contributed by atoms with Crippen molar-refractivity contribution in [3.63, 3.8) is 0 Å². The second-order valence-electron chi connectivity index (χ2n) is 6.38.